The molecule has 0 saturated carbocycles. The molecule has 1 amide bonds. The van der Waals surface area contributed by atoms with Crippen molar-refractivity contribution < 1.29 is 27.4 Å². The van der Waals surface area contributed by atoms with Crippen molar-refractivity contribution in [2.45, 2.75) is 38.9 Å². The Morgan fingerprint density at radius 1 is 1.30 bits per heavy atom. The molecule has 1 N–H and O–H groups in total. The predicted molar refractivity (Wildman–Crippen MR) is 119 cm³/mol. The monoisotopic (exact) mass is 463 g/mol. The lowest BCUT2D eigenvalue weighted by atomic mass is 9.99. The van der Waals surface area contributed by atoms with E-state index in [0.717, 1.165) is 17.2 Å². The number of ether oxygens (including phenoxy) is 2. The number of nitrogens with zero attached hydrogens (tertiary/aromatic N) is 2. The van der Waals surface area contributed by atoms with Crippen molar-refractivity contribution in [1.29, 1.82) is 5.26 Å². The fraction of sp³-hybridized carbons (Fsp3) is 0.417. The zero-order valence-corrected chi connectivity index (χ0v) is 18.8. The first-order valence-electron chi connectivity index (χ1n) is 10.5. The van der Waals surface area contributed by atoms with E-state index in [1.807, 2.05) is 19.1 Å². The molecule has 0 radical (unpaired) electrons. The molecular weight excluding hydrogens is 435 g/mol. The van der Waals surface area contributed by atoms with E-state index in [1.54, 1.807) is 4.90 Å². The third-order valence-corrected chi connectivity index (χ3v) is 5.02. The Labute approximate surface area is 192 Å². The van der Waals surface area contributed by atoms with E-state index in [2.05, 4.69) is 24.5 Å². The summed E-state index contributed by atoms with van der Waals surface area (Å²) >= 11 is 0. The summed E-state index contributed by atoms with van der Waals surface area (Å²) in [5.41, 5.74) is 3.17. The van der Waals surface area contributed by atoms with E-state index < -0.39 is 12.8 Å². The molecule has 0 aliphatic carbocycles. The molecule has 0 saturated heterocycles. The van der Waals surface area contributed by atoms with Gasteiger partial charge in [0.25, 0.3) is 0 Å². The number of hydrogen-bond acceptors (Lipinski definition) is 5. The van der Waals surface area contributed by atoms with Gasteiger partial charge in [-0.3, -0.25) is 4.79 Å². The Kier molecular flexibility index (Phi) is 9.12. The topological polar surface area (TPSA) is 74.6 Å². The van der Waals surface area contributed by atoms with Crippen LogP contribution in [0.2, 0.25) is 0 Å². The average molecular weight is 464 g/mol. The van der Waals surface area contributed by atoms with Gasteiger partial charge in [0.15, 0.2) is 18.1 Å². The Hall–Kier alpha value is -3.25. The summed E-state index contributed by atoms with van der Waals surface area (Å²) in [5, 5.41) is 12.8. The van der Waals surface area contributed by atoms with Crippen LogP contribution in [0.15, 0.2) is 49.0 Å². The predicted octanol–water partition coefficient (Wildman–Crippen LogP) is 4.17. The third-order valence-electron chi connectivity index (χ3n) is 5.02. The molecular formula is C24H28F3N3O3. The number of nitriles is 1. The SMILES string of the molecule is C=C/C(OCCNC(C)Cc1cc(C#N)c2c(c1)CCN2C(C)=O)=C(\C=C)OCC(F)(F)F. The highest BCUT2D eigenvalue weighted by atomic mass is 19.4. The van der Waals surface area contributed by atoms with Crippen molar-refractivity contribution in [3.05, 3.63) is 65.7 Å². The van der Waals surface area contributed by atoms with Crippen molar-refractivity contribution in [1.82, 2.24) is 5.32 Å². The molecule has 178 valence electrons. The number of carbonyl (C=O) groups is 1. The quantitative estimate of drug-likeness (QED) is 0.303. The molecule has 1 aromatic rings. The van der Waals surface area contributed by atoms with Crippen LogP contribution in [-0.2, 0) is 27.1 Å². The first kappa shape index (κ1) is 26.0. The van der Waals surface area contributed by atoms with Gasteiger partial charge in [-0.1, -0.05) is 19.2 Å². The number of halogens is 3. The van der Waals surface area contributed by atoms with Gasteiger partial charge in [-0.15, -0.1) is 0 Å². The maximum atomic E-state index is 12.4. The minimum Gasteiger partial charge on any atom is -0.488 e. The molecule has 0 aromatic heterocycles. The average Bonchev–Trinajstić information content (AvgIpc) is 3.18. The van der Waals surface area contributed by atoms with Gasteiger partial charge in [0.05, 0.1) is 11.3 Å². The van der Waals surface area contributed by atoms with Crippen LogP contribution in [0.4, 0.5) is 18.9 Å². The zero-order chi connectivity index (χ0) is 24.6. The molecule has 1 aliphatic rings. The van der Waals surface area contributed by atoms with Gasteiger partial charge < -0.3 is 19.7 Å². The summed E-state index contributed by atoms with van der Waals surface area (Å²) in [7, 11) is 0. The van der Waals surface area contributed by atoms with Crippen molar-refractivity contribution in [2.24, 2.45) is 0 Å². The van der Waals surface area contributed by atoms with Crippen LogP contribution in [-0.4, -0.2) is 44.4 Å². The largest absolute Gasteiger partial charge is 0.488 e. The van der Waals surface area contributed by atoms with Crippen molar-refractivity contribution >= 4 is 11.6 Å². The number of nitrogens with one attached hydrogen (secondary N) is 1. The third kappa shape index (κ3) is 7.39. The minimum absolute atomic E-state index is 0.0417. The van der Waals surface area contributed by atoms with Gasteiger partial charge in [0.2, 0.25) is 5.91 Å². The van der Waals surface area contributed by atoms with Gasteiger partial charge in [-0.05, 0) is 49.1 Å². The Bertz CT molecular complexity index is 964. The summed E-state index contributed by atoms with van der Waals surface area (Å²) in [6.07, 6.45) is -0.683. The summed E-state index contributed by atoms with van der Waals surface area (Å²) < 4.78 is 47.3. The van der Waals surface area contributed by atoms with Crippen LogP contribution < -0.4 is 10.2 Å². The highest BCUT2D eigenvalue weighted by Crippen LogP contribution is 2.33. The van der Waals surface area contributed by atoms with Crippen LogP contribution in [0, 0.1) is 11.3 Å². The number of rotatable bonds is 11. The highest BCUT2D eigenvalue weighted by Gasteiger charge is 2.29. The number of anilines is 1. The zero-order valence-electron chi connectivity index (χ0n) is 18.8. The number of hydrogen-bond donors (Lipinski definition) is 1. The van der Waals surface area contributed by atoms with E-state index in [0.29, 0.717) is 37.2 Å². The van der Waals surface area contributed by atoms with Crippen LogP contribution in [0.1, 0.15) is 30.5 Å². The number of allylic oxidation sites excluding steroid dienone is 2. The summed E-state index contributed by atoms with van der Waals surface area (Å²) in [6.45, 7) is 10.2. The van der Waals surface area contributed by atoms with Crippen molar-refractivity contribution in [2.75, 3.05) is 31.2 Å². The normalized spacial score (nSPS) is 14.6. The fourth-order valence-corrected chi connectivity index (χ4v) is 3.64. The van der Waals surface area contributed by atoms with Crippen molar-refractivity contribution in [3.8, 4) is 6.07 Å². The van der Waals surface area contributed by atoms with Gasteiger partial charge in [0.1, 0.15) is 12.7 Å². The lowest BCUT2D eigenvalue weighted by molar-refractivity contribution is -0.164. The summed E-state index contributed by atoms with van der Waals surface area (Å²) in [4.78, 5) is 13.5. The minimum atomic E-state index is -4.47. The maximum absolute atomic E-state index is 12.4. The number of alkyl halides is 3. The molecule has 2 rings (SSSR count). The van der Waals surface area contributed by atoms with Gasteiger partial charge in [-0.25, -0.2) is 0 Å². The number of fused-ring (bicyclic) bond motifs is 1. The standard InChI is InChI=1S/C24H28F3N3O3/c1-5-21(22(6-2)33-15-24(25,26)27)32-10-8-29-16(3)11-18-12-19-7-9-30(17(4)31)23(19)20(13-18)14-28/h5-6,12-13,16,29H,1-2,7-11,15H2,3-4H3/b22-21-. The second-order valence-corrected chi connectivity index (χ2v) is 7.63. The fourth-order valence-electron chi connectivity index (χ4n) is 3.64. The second kappa shape index (κ2) is 11.6. The molecule has 9 heteroatoms. The highest BCUT2D eigenvalue weighted by molar-refractivity contribution is 5.95. The van der Waals surface area contributed by atoms with Crippen LogP contribution >= 0.6 is 0 Å². The number of carbonyl (C=O) groups excluding carboxylic acids is 1. The second-order valence-electron chi connectivity index (χ2n) is 7.63. The molecule has 0 bridgehead atoms. The Morgan fingerprint density at radius 3 is 2.55 bits per heavy atom. The molecule has 1 aliphatic heterocycles. The van der Waals surface area contributed by atoms with E-state index in [-0.39, 0.29) is 30.1 Å². The van der Waals surface area contributed by atoms with E-state index in [4.69, 9.17) is 9.47 Å². The number of amides is 1. The van der Waals surface area contributed by atoms with E-state index >= 15 is 0 Å². The first-order valence-corrected chi connectivity index (χ1v) is 10.5. The molecule has 0 spiro atoms. The molecule has 1 unspecified atom stereocenters. The molecule has 0 fully saturated rings. The van der Waals surface area contributed by atoms with Crippen LogP contribution in [0.25, 0.3) is 0 Å². The van der Waals surface area contributed by atoms with E-state index in [9.17, 15) is 23.2 Å². The van der Waals surface area contributed by atoms with E-state index in [1.165, 1.54) is 13.0 Å². The smallest absolute Gasteiger partial charge is 0.422 e. The maximum Gasteiger partial charge on any atom is 0.422 e. The van der Waals surface area contributed by atoms with Crippen molar-refractivity contribution in [3.63, 3.8) is 0 Å². The lowest BCUT2D eigenvalue weighted by Gasteiger charge is -2.18. The van der Waals surface area contributed by atoms with Gasteiger partial charge >= 0.3 is 6.18 Å². The molecule has 1 heterocycles. The van der Waals surface area contributed by atoms with Gasteiger partial charge in [-0.2, -0.15) is 18.4 Å². The summed E-state index contributed by atoms with van der Waals surface area (Å²) in [5.74, 6) is -0.127. The first-order chi connectivity index (χ1) is 15.6. The Morgan fingerprint density at radius 2 is 1.97 bits per heavy atom. The molecule has 33 heavy (non-hydrogen) atoms. The lowest BCUT2D eigenvalue weighted by Crippen LogP contribution is -2.31. The molecule has 6 nitrogen and oxygen atoms in total. The number of benzene rings is 1. The van der Waals surface area contributed by atoms with Gasteiger partial charge in [0, 0.05) is 26.1 Å². The van der Waals surface area contributed by atoms with Crippen LogP contribution in [0.3, 0.4) is 0 Å². The van der Waals surface area contributed by atoms with Crippen LogP contribution in [0.5, 0.6) is 0 Å². The molecule has 1 aromatic carbocycles. The summed E-state index contributed by atoms with van der Waals surface area (Å²) in [6, 6.07) is 6.07. The molecule has 1 atom stereocenters. The Balaban J connectivity index is 1.92.